The molecule has 0 rings (SSSR count). The Hall–Kier alpha value is -1.04. The van der Waals surface area contributed by atoms with E-state index in [-0.39, 0.29) is 0 Å². The molecule has 0 nitrogen and oxygen atoms in total. The van der Waals surface area contributed by atoms with Crippen molar-refractivity contribution in [2.24, 2.45) is 0 Å². The second-order valence-electron chi connectivity index (χ2n) is 4.61. The van der Waals surface area contributed by atoms with Crippen molar-refractivity contribution in [1.29, 1.82) is 0 Å². The first-order valence-electron chi connectivity index (χ1n) is 6.06. The molecular weight excluding hydrogens is 192 g/mol. The van der Waals surface area contributed by atoms with Gasteiger partial charge in [-0.25, -0.2) is 0 Å². The van der Waals surface area contributed by atoms with Crippen LogP contribution in [0.3, 0.4) is 0 Å². The number of hydrogen-bond acceptors (Lipinski definition) is 0. The van der Waals surface area contributed by atoms with E-state index >= 15 is 0 Å². The summed E-state index contributed by atoms with van der Waals surface area (Å²) >= 11 is 0. The average Bonchev–Trinajstić information content (AvgIpc) is 2.17. The second-order valence-corrected chi connectivity index (χ2v) is 4.61. The molecule has 0 unspecified atom stereocenters. The van der Waals surface area contributed by atoms with Gasteiger partial charge in [0.15, 0.2) is 0 Å². The maximum absolute atomic E-state index is 5.33. The fraction of sp³-hybridized carbons (Fsp3) is 0.500. The van der Waals surface area contributed by atoms with E-state index in [2.05, 4.69) is 39.8 Å². The normalized spacial score (nSPS) is 12.5. The molecule has 0 saturated carbocycles. The predicted molar refractivity (Wildman–Crippen MR) is 74.3 cm³/mol. The van der Waals surface area contributed by atoms with Crippen molar-refractivity contribution in [3.63, 3.8) is 0 Å². The lowest BCUT2D eigenvalue weighted by Gasteiger charge is -2.00. The summed E-state index contributed by atoms with van der Waals surface area (Å²) in [5, 5.41) is 0. The molecule has 0 aromatic rings. The van der Waals surface area contributed by atoms with Gasteiger partial charge >= 0.3 is 0 Å². The minimum absolute atomic E-state index is 1.10. The largest absolute Gasteiger partial charge is 0.0856 e. The second kappa shape index (κ2) is 9.21. The van der Waals surface area contributed by atoms with E-state index in [9.17, 15) is 0 Å². The van der Waals surface area contributed by atoms with Crippen LogP contribution in [0.5, 0.6) is 0 Å². The Morgan fingerprint density at radius 3 is 2.00 bits per heavy atom. The summed E-state index contributed by atoms with van der Waals surface area (Å²) in [6.07, 6.45) is 12.8. The maximum atomic E-state index is 5.33. The lowest BCUT2D eigenvalue weighted by Crippen LogP contribution is -1.80. The molecule has 0 bridgehead atoms. The van der Waals surface area contributed by atoms with Crippen molar-refractivity contribution < 1.29 is 0 Å². The monoisotopic (exact) mass is 217 g/mol. The van der Waals surface area contributed by atoms with E-state index < -0.39 is 0 Å². The third kappa shape index (κ3) is 9.51. The first-order valence-corrected chi connectivity index (χ1v) is 6.06. The van der Waals surface area contributed by atoms with Crippen LogP contribution < -0.4 is 0 Å². The van der Waals surface area contributed by atoms with E-state index in [1.165, 1.54) is 23.1 Å². The molecule has 0 aromatic carbocycles. The van der Waals surface area contributed by atoms with E-state index in [1.807, 2.05) is 6.08 Å². The fourth-order valence-corrected chi connectivity index (χ4v) is 1.48. The van der Waals surface area contributed by atoms with Crippen molar-refractivity contribution in [1.82, 2.24) is 0 Å². The van der Waals surface area contributed by atoms with Crippen LogP contribution in [0.15, 0.2) is 41.0 Å². The summed E-state index contributed by atoms with van der Waals surface area (Å²) in [5.41, 5.74) is 4.24. The quantitative estimate of drug-likeness (QED) is 0.396. The SMILES string of the molecule is [CH]=C/C=C(\C)CC/C=C(\C)CCC=C(C)C. The Balaban J connectivity index is 3.83. The zero-order valence-electron chi connectivity index (χ0n) is 11.2. The minimum atomic E-state index is 1.10. The lowest BCUT2D eigenvalue weighted by atomic mass is 10.1. The number of allylic oxidation sites excluding steroid dienone is 7. The molecule has 0 spiro atoms. The van der Waals surface area contributed by atoms with Crippen LogP contribution in [0.2, 0.25) is 0 Å². The molecule has 0 heteroatoms. The molecule has 0 amide bonds. The zero-order chi connectivity index (χ0) is 12.4. The van der Waals surface area contributed by atoms with E-state index in [4.69, 9.17) is 6.58 Å². The molecule has 0 saturated heterocycles. The van der Waals surface area contributed by atoms with Gasteiger partial charge in [-0.05, 0) is 53.4 Å². The first kappa shape index (κ1) is 15.0. The van der Waals surface area contributed by atoms with Crippen LogP contribution in [-0.2, 0) is 0 Å². The smallest absolute Gasteiger partial charge is 0.0285 e. The average molecular weight is 217 g/mol. The summed E-state index contributed by atoms with van der Waals surface area (Å²) in [5.74, 6) is 0. The Bertz CT molecular complexity index is 283. The van der Waals surface area contributed by atoms with Crippen LogP contribution >= 0.6 is 0 Å². The highest BCUT2D eigenvalue weighted by Crippen LogP contribution is 2.11. The van der Waals surface area contributed by atoms with E-state index in [1.54, 1.807) is 6.08 Å². The van der Waals surface area contributed by atoms with Gasteiger partial charge in [0, 0.05) is 0 Å². The summed E-state index contributed by atoms with van der Waals surface area (Å²) in [6.45, 7) is 14.0. The van der Waals surface area contributed by atoms with Gasteiger partial charge in [0.2, 0.25) is 0 Å². The molecule has 0 atom stereocenters. The maximum Gasteiger partial charge on any atom is -0.0285 e. The fourth-order valence-electron chi connectivity index (χ4n) is 1.48. The van der Waals surface area contributed by atoms with Gasteiger partial charge in [-0.2, -0.15) is 0 Å². The summed E-state index contributed by atoms with van der Waals surface area (Å²) in [7, 11) is 0. The van der Waals surface area contributed by atoms with Crippen molar-refractivity contribution in [2.75, 3.05) is 0 Å². The molecular formula is C16H25. The zero-order valence-corrected chi connectivity index (χ0v) is 11.2. The highest BCUT2D eigenvalue weighted by Gasteiger charge is 1.90. The van der Waals surface area contributed by atoms with Crippen molar-refractivity contribution in [3.8, 4) is 0 Å². The lowest BCUT2D eigenvalue weighted by molar-refractivity contribution is 0.918. The van der Waals surface area contributed by atoms with Crippen LogP contribution in [-0.4, -0.2) is 0 Å². The Labute approximate surface area is 101 Å². The molecule has 89 valence electrons. The van der Waals surface area contributed by atoms with Crippen LogP contribution in [0.1, 0.15) is 53.4 Å². The Morgan fingerprint density at radius 2 is 1.44 bits per heavy atom. The highest BCUT2D eigenvalue weighted by atomic mass is 14.0. The standard InChI is InChI=1S/C16H25/c1-6-9-15(4)12-8-13-16(5)11-7-10-14(2)3/h1,6,9-10,13H,7-8,11-12H2,2-5H3/b6-1?,15-9+,16-13+. The number of hydrogen-bond donors (Lipinski definition) is 0. The molecule has 0 heterocycles. The molecule has 1 radical (unpaired) electrons. The Morgan fingerprint density at radius 1 is 0.875 bits per heavy atom. The summed E-state index contributed by atoms with van der Waals surface area (Å²) in [4.78, 5) is 0. The molecule has 0 aliphatic rings. The molecule has 0 fully saturated rings. The van der Waals surface area contributed by atoms with Gasteiger partial charge in [0.25, 0.3) is 0 Å². The van der Waals surface area contributed by atoms with Crippen molar-refractivity contribution in [3.05, 3.63) is 47.6 Å². The van der Waals surface area contributed by atoms with Gasteiger partial charge in [-0.3, -0.25) is 0 Å². The van der Waals surface area contributed by atoms with Gasteiger partial charge in [0.1, 0.15) is 0 Å². The van der Waals surface area contributed by atoms with Gasteiger partial charge < -0.3 is 0 Å². The molecule has 0 aliphatic carbocycles. The third-order valence-electron chi connectivity index (χ3n) is 2.50. The van der Waals surface area contributed by atoms with Crippen LogP contribution in [0, 0.1) is 6.58 Å². The molecule has 0 N–H and O–H groups in total. The summed E-state index contributed by atoms with van der Waals surface area (Å²) in [6, 6.07) is 0. The van der Waals surface area contributed by atoms with E-state index in [0.29, 0.717) is 0 Å². The Kier molecular flexibility index (Phi) is 8.61. The van der Waals surface area contributed by atoms with Crippen LogP contribution in [0.25, 0.3) is 0 Å². The van der Waals surface area contributed by atoms with Gasteiger partial charge in [-0.1, -0.05) is 47.6 Å². The topological polar surface area (TPSA) is 0 Å². The molecule has 0 aliphatic heterocycles. The van der Waals surface area contributed by atoms with Crippen LogP contribution in [0.4, 0.5) is 0 Å². The molecule has 0 aromatic heterocycles. The number of rotatable bonds is 7. The molecule has 16 heavy (non-hydrogen) atoms. The van der Waals surface area contributed by atoms with Crippen molar-refractivity contribution in [2.45, 2.75) is 53.4 Å². The first-order chi connectivity index (χ1) is 7.56. The van der Waals surface area contributed by atoms with E-state index in [0.717, 1.165) is 19.3 Å². The van der Waals surface area contributed by atoms with Crippen molar-refractivity contribution >= 4 is 0 Å². The summed E-state index contributed by atoms with van der Waals surface area (Å²) < 4.78 is 0. The third-order valence-corrected chi connectivity index (χ3v) is 2.50. The van der Waals surface area contributed by atoms with Gasteiger partial charge in [-0.15, -0.1) is 0 Å². The highest BCUT2D eigenvalue weighted by molar-refractivity contribution is 5.09. The minimum Gasteiger partial charge on any atom is -0.0856 e. The van der Waals surface area contributed by atoms with Gasteiger partial charge in [0.05, 0.1) is 0 Å². The predicted octanol–water partition coefficient (Wildman–Crippen LogP) is 5.39.